The van der Waals surface area contributed by atoms with Crippen molar-refractivity contribution in [2.75, 3.05) is 19.6 Å². The van der Waals surface area contributed by atoms with Crippen LogP contribution in [0.5, 0.6) is 0 Å². The molecule has 1 aliphatic rings. The summed E-state index contributed by atoms with van der Waals surface area (Å²) in [6, 6.07) is 5.45. The molecule has 1 aromatic heterocycles. The van der Waals surface area contributed by atoms with Gasteiger partial charge in [0.1, 0.15) is 5.69 Å². The average Bonchev–Trinajstić information content (AvgIpc) is 2.50. The van der Waals surface area contributed by atoms with Gasteiger partial charge in [-0.3, -0.25) is 9.78 Å². The van der Waals surface area contributed by atoms with Crippen molar-refractivity contribution >= 4 is 5.91 Å². The first kappa shape index (κ1) is 12.0. The monoisotopic (exact) mass is 233 g/mol. The summed E-state index contributed by atoms with van der Waals surface area (Å²) < 4.78 is 0. The van der Waals surface area contributed by atoms with Gasteiger partial charge in [0.05, 0.1) is 5.54 Å². The molecule has 0 unspecified atom stereocenters. The van der Waals surface area contributed by atoms with E-state index in [0.29, 0.717) is 5.69 Å². The minimum Gasteiger partial charge on any atom is -0.331 e. The molecular weight excluding hydrogens is 214 g/mol. The molecule has 0 bridgehead atoms. The molecule has 1 aromatic rings. The number of nitrogens with one attached hydrogen (secondary N) is 1. The molecule has 0 aliphatic carbocycles. The van der Waals surface area contributed by atoms with Crippen LogP contribution < -0.4 is 5.32 Å². The van der Waals surface area contributed by atoms with Crippen molar-refractivity contribution in [2.45, 2.75) is 25.8 Å². The number of rotatable bonds is 1. The first-order valence-corrected chi connectivity index (χ1v) is 6.05. The Bertz CT molecular complexity index is 389. The Kier molecular flexibility index (Phi) is 3.43. The Hall–Kier alpha value is -1.42. The number of carbonyl (C=O) groups excluding carboxylic acids is 1. The number of carbonyl (C=O) groups is 1. The Labute approximate surface area is 102 Å². The molecule has 4 heteroatoms. The smallest absolute Gasteiger partial charge is 0.272 e. The van der Waals surface area contributed by atoms with Gasteiger partial charge in [-0.25, -0.2) is 0 Å². The fourth-order valence-corrected chi connectivity index (χ4v) is 2.16. The SMILES string of the molecule is CC1(C)CNCCCN1C(=O)c1ccccn1. The van der Waals surface area contributed by atoms with Gasteiger partial charge in [-0.05, 0) is 38.9 Å². The maximum Gasteiger partial charge on any atom is 0.272 e. The second-order valence-corrected chi connectivity index (χ2v) is 5.01. The lowest BCUT2D eigenvalue weighted by atomic mass is 10.0. The van der Waals surface area contributed by atoms with Crippen molar-refractivity contribution in [3.63, 3.8) is 0 Å². The first-order chi connectivity index (χ1) is 8.11. The van der Waals surface area contributed by atoms with Gasteiger partial charge in [0.2, 0.25) is 0 Å². The summed E-state index contributed by atoms with van der Waals surface area (Å²) in [5.41, 5.74) is 0.368. The van der Waals surface area contributed by atoms with Gasteiger partial charge >= 0.3 is 0 Å². The summed E-state index contributed by atoms with van der Waals surface area (Å²) in [5, 5.41) is 3.36. The molecule has 0 spiro atoms. The highest BCUT2D eigenvalue weighted by Gasteiger charge is 2.32. The van der Waals surface area contributed by atoms with Gasteiger partial charge in [0.25, 0.3) is 5.91 Å². The van der Waals surface area contributed by atoms with E-state index in [2.05, 4.69) is 24.1 Å². The van der Waals surface area contributed by atoms with Crippen LogP contribution in [-0.2, 0) is 0 Å². The molecular formula is C13H19N3O. The number of pyridine rings is 1. The Morgan fingerprint density at radius 1 is 1.47 bits per heavy atom. The van der Waals surface area contributed by atoms with E-state index in [-0.39, 0.29) is 11.4 Å². The number of amides is 1. The van der Waals surface area contributed by atoms with Crippen molar-refractivity contribution in [1.29, 1.82) is 0 Å². The van der Waals surface area contributed by atoms with Crippen LogP contribution in [0.4, 0.5) is 0 Å². The van der Waals surface area contributed by atoms with Crippen molar-refractivity contribution in [3.05, 3.63) is 30.1 Å². The van der Waals surface area contributed by atoms with Crippen LogP contribution >= 0.6 is 0 Å². The number of nitrogens with zero attached hydrogens (tertiary/aromatic N) is 2. The second kappa shape index (κ2) is 4.84. The maximum absolute atomic E-state index is 12.4. The Balaban J connectivity index is 2.23. The Morgan fingerprint density at radius 2 is 2.29 bits per heavy atom. The van der Waals surface area contributed by atoms with Gasteiger partial charge < -0.3 is 10.2 Å². The van der Waals surface area contributed by atoms with Gasteiger partial charge in [-0.1, -0.05) is 6.07 Å². The zero-order chi connectivity index (χ0) is 12.3. The van der Waals surface area contributed by atoms with Crippen molar-refractivity contribution in [1.82, 2.24) is 15.2 Å². The highest BCUT2D eigenvalue weighted by Crippen LogP contribution is 2.18. The molecule has 0 aromatic carbocycles. The minimum absolute atomic E-state index is 0.0271. The predicted octanol–water partition coefficient (Wildman–Crippen LogP) is 1.30. The fourth-order valence-electron chi connectivity index (χ4n) is 2.16. The van der Waals surface area contributed by atoms with Crippen LogP contribution in [0, 0.1) is 0 Å². The molecule has 1 N–H and O–H groups in total. The van der Waals surface area contributed by atoms with Crippen LogP contribution in [0.3, 0.4) is 0 Å². The minimum atomic E-state index is -0.162. The molecule has 92 valence electrons. The zero-order valence-electron chi connectivity index (χ0n) is 10.4. The van der Waals surface area contributed by atoms with Crippen LogP contribution in [0.2, 0.25) is 0 Å². The molecule has 17 heavy (non-hydrogen) atoms. The van der Waals surface area contributed by atoms with E-state index < -0.39 is 0 Å². The van der Waals surface area contributed by atoms with E-state index >= 15 is 0 Å². The molecule has 1 saturated heterocycles. The predicted molar refractivity (Wildman–Crippen MR) is 66.8 cm³/mol. The summed E-state index contributed by atoms with van der Waals surface area (Å²) in [7, 11) is 0. The topological polar surface area (TPSA) is 45.2 Å². The maximum atomic E-state index is 12.4. The van der Waals surface area contributed by atoms with E-state index in [0.717, 1.165) is 26.1 Å². The van der Waals surface area contributed by atoms with Crippen molar-refractivity contribution < 1.29 is 4.79 Å². The van der Waals surface area contributed by atoms with E-state index in [9.17, 15) is 4.79 Å². The summed E-state index contributed by atoms with van der Waals surface area (Å²) in [6.07, 6.45) is 2.65. The van der Waals surface area contributed by atoms with Gasteiger partial charge in [-0.2, -0.15) is 0 Å². The molecule has 0 saturated carbocycles. The number of hydrogen-bond donors (Lipinski definition) is 1. The molecule has 2 rings (SSSR count). The lowest BCUT2D eigenvalue weighted by Crippen LogP contribution is -2.51. The third-order valence-corrected chi connectivity index (χ3v) is 3.15. The molecule has 0 radical (unpaired) electrons. The van der Waals surface area contributed by atoms with E-state index in [1.54, 1.807) is 12.3 Å². The van der Waals surface area contributed by atoms with Gasteiger partial charge in [0, 0.05) is 19.3 Å². The van der Waals surface area contributed by atoms with E-state index in [1.165, 1.54) is 0 Å². The van der Waals surface area contributed by atoms with Crippen LogP contribution in [0.15, 0.2) is 24.4 Å². The standard InChI is InChI=1S/C13H19N3O/c1-13(2)10-14-7-5-9-16(13)12(17)11-6-3-4-8-15-11/h3-4,6,8,14H,5,7,9-10H2,1-2H3. The third kappa shape index (κ3) is 2.64. The summed E-state index contributed by atoms with van der Waals surface area (Å²) in [6.45, 7) is 6.76. The van der Waals surface area contributed by atoms with E-state index in [4.69, 9.17) is 0 Å². The molecule has 1 amide bonds. The van der Waals surface area contributed by atoms with Crippen molar-refractivity contribution in [2.24, 2.45) is 0 Å². The van der Waals surface area contributed by atoms with Crippen LogP contribution in [-0.4, -0.2) is 41.0 Å². The summed E-state index contributed by atoms with van der Waals surface area (Å²) in [5.74, 6) is 0.0271. The summed E-state index contributed by atoms with van der Waals surface area (Å²) in [4.78, 5) is 18.5. The highest BCUT2D eigenvalue weighted by atomic mass is 16.2. The van der Waals surface area contributed by atoms with Crippen molar-refractivity contribution in [3.8, 4) is 0 Å². The number of hydrogen-bond acceptors (Lipinski definition) is 3. The largest absolute Gasteiger partial charge is 0.331 e. The van der Waals surface area contributed by atoms with Crippen LogP contribution in [0.1, 0.15) is 30.8 Å². The number of aromatic nitrogens is 1. The van der Waals surface area contributed by atoms with Gasteiger partial charge in [-0.15, -0.1) is 0 Å². The first-order valence-electron chi connectivity index (χ1n) is 6.05. The second-order valence-electron chi connectivity index (χ2n) is 5.01. The highest BCUT2D eigenvalue weighted by molar-refractivity contribution is 5.92. The lowest BCUT2D eigenvalue weighted by molar-refractivity contribution is 0.0572. The molecule has 1 aliphatic heterocycles. The molecule has 0 atom stereocenters. The average molecular weight is 233 g/mol. The van der Waals surface area contributed by atoms with Crippen LogP contribution in [0.25, 0.3) is 0 Å². The van der Waals surface area contributed by atoms with E-state index in [1.807, 2.05) is 17.0 Å². The zero-order valence-corrected chi connectivity index (χ0v) is 10.4. The fraction of sp³-hybridized carbons (Fsp3) is 0.538. The Morgan fingerprint density at radius 3 is 3.00 bits per heavy atom. The quantitative estimate of drug-likeness (QED) is 0.795. The molecule has 1 fully saturated rings. The molecule has 4 nitrogen and oxygen atoms in total. The third-order valence-electron chi connectivity index (χ3n) is 3.15. The normalized spacial score (nSPS) is 19.8. The summed E-state index contributed by atoms with van der Waals surface area (Å²) >= 11 is 0. The molecule has 2 heterocycles. The lowest BCUT2D eigenvalue weighted by Gasteiger charge is -2.36. The van der Waals surface area contributed by atoms with Gasteiger partial charge in [0.15, 0.2) is 0 Å².